The molecule has 0 heteroatoms. The van der Waals surface area contributed by atoms with Crippen LogP contribution < -0.4 is 0 Å². The lowest BCUT2D eigenvalue weighted by Crippen LogP contribution is -1.55. The highest BCUT2D eigenvalue weighted by atomic mass is 13.7. The van der Waals surface area contributed by atoms with E-state index in [0.29, 0.717) is 6.05 Å². The molecule has 0 aromatic carbocycles. The van der Waals surface area contributed by atoms with Gasteiger partial charge in [0.15, 0.2) is 0 Å². The number of allylic oxidation sites excluding steroid dienone is 8. The summed E-state index contributed by atoms with van der Waals surface area (Å²) in [4.78, 5) is 0. The predicted octanol–water partition coefficient (Wildman–Crippen LogP) is 2.22. The molecule has 0 unspecified atom stereocenters. The van der Waals surface area contributed by atoms with Crippen LogP contribution in [0.4, 0.5) is 0 Å². The number of rotatable bonds is 0. The van der Waals surface area contributed by atoms with Crippen LogP contribution in [0.3, 0.4) is 0 Å². The molecule has 1 rings (SSSR count). The molecule has 0 saturated carbocycles. The molecular weight excluding hydrogens is 96.1 g/mol. The van der Waals surface area contributed by atoms with Gasteiger partial charge in [0.1, 0.15) is 0 Å². The van der Waals surface area contributed by atoms with E-state index < -0.39 is 0 Å². The Morgan fingerprint density at radius 3 is 1.88 bits per heavy atom. The second kappa shape index (κ2) is 3.03. The Morgan fingerprint density at radius 1 is 0.625 bits per heavy atom. The lowest BCUT2D eigenvalue weighted by Gasteiger charge is -1.77. The molecule has 8 heavy (non-hydrogen) atoms. The first-order valence-corrected chi connectivity index (χ1v) is 2.58. The standard InChI is InChI=1S/C8H8/c1-2-4-6-8-7-5-3-1/h1-8H/b2-1-,3-1?,4-2?,5-3-,6-4-,7-5?,8-6?,8-7-/i1D. The van der Waals surface area contributed by atoms with Crippen molar-refractivity contribution in [3.05, 3.63) is 48.6 Å². The zero-order valence-electron chi connectivity index (χ0n) is 5.54. The van der Waals surface area contributed by atoms with Gasteiger partial charge in [-0.2, -0.15) is 0 Å². The summed E-state index contributed by atoms with van der Waals surface area (Å²) in [5, 5.41) is 0. The van der Waals surface area contributed by atoms with Crippen molar-refractivity contribution < 1.29 is 1.37 Å². The second-order valence-corrected chi connectivity index (χ2v) is 1.46. The van der Waals surface area contributed by atoms with Crippen LogP contribution in [-0.4, -0.2) is 0 Å². The van der Waals surface area contributed by atoms with E-state index in [4.69, 9.17) is 1.37 Å². The van der Waals surface area contributed by atoms with Crippen molar-refractivity contribution in [1.82, 2.24) is 0 Å². The molecule has 0 bridgehead atoms. The molecule has 0 amide bonds. The SMILES string of the molecule is [2H]C1=C/C=C\C=C/C=C\1. The quantitative estimate of drug-likeness (QED) is 0.443. The maximum Gasteiger partial charge on any atom is 0.0623 e. The van der Waals surface area contributed by atoms with Crippen LogP contribution in [-0.2, 0) is 0 Å². The predicted molar refractivity (Wildman–Crippen MR) is 36.6 cm³/mol. The minimum Gasteiger partial charge on any atom is -0.0623 e. The lowest BCUT2D eigenvalue weighted by molar-refractivity contribution is 1.81. The average Bonchev–Trinajstić information content (AvgIpc) is 1.79. The lowest BCUT2D eigenvalue weighted by atomic mass is 10.3. The summed E-state index contributed by atoms with van der Waals surface area (Å²) in [5.41, 5.74) is 0. The summed E-state index contributed by atoms with van der Waals surface area (Å²) >= 11 is 0. The highest BCUT2D eigenvalue weighted by molar-refractivity contribution is 5.23. The van der Waals surface area contributed by atoms with Gasteiger partial charge < -0.3 is 0 Å². The summed E-state index contributed by atoms with van der Waals surface area (Å²) < 4.78 is 7.20. The van der Waals surface area contributed by atoms with Crippen molar-refractivity contribution in [2.45, 2.75) is 0 Å². The Morgan fingerprint density at radius 2 is 1.12 bits per heavy atom. The van der Waals surface area contributed by atoms with Crippen LogP contribution in [0, 0.1) is 0 Å². The molecule has 0 saturated heterocycles. The first-order valence-electron chi connectivity index (χ1n) is 3.08. The molecule has 0 heterocycles. The van der Waals surface area contributed by atoms with Gasteiger partial charge in [-0.25, -0.2) is 0 Å². The van der Waals surface area contributed by atoms with Gasteiger partial charge in [-0.1, -0.05) is 48.6 Å². The van der Waals surface area contributed by atoms with Gasteiger partial charge in [0.25, 0.3) is 0 Å². The molecule has 40 valence electrons. The molecule has 0 fully saturated rings. The molecule has 0 aromatic rings. The van der Waals surface area contributed by atoms with Crippen LogP contribution in [0.2, 0.25) is 0 Å². The number of hydrogen-bond acceptors (Lipinski definition) is 0. The van der Waals surface area contributed by atoms with Crippen molar-refractivity contribution in [2.24, 2.45) is 0 Å². The first kappa shape index (κ1) is 3.90. The fourth-order valence-corrected chi connectivity index (χ4v) is 0.470. The third kappa shape index (κ3) is 1.61. The van der Waals surface area contributed by atoms with E-state index >= 15 is 0 Å². The largest absolute Gasteiger partial charge is 0.0623 e. The van der Waals surface area contributed by atoms with E-state index in [2.05, 4.69) is 0 Å². The normalized spacial score (nSPS) is 37.5. The van der Waals surface area contributed by atoms with Gasteiger partial charge in [-0.15, -0.1) is 0 Å². The fraction of sp³-hybridized carbons (Fsp3) is 0. The van der Waals surface area contributed by atoms with Crippen LogP contribution >= 0.6 is 0 Å². The topological polar surface area (TPSA) is 0 Å². The Labute approximate surface area is 50.9 Å². The zero-order valence-corrected chi connectivity index (χ0v) is 4.54. The van der Waals surface area contributed by atoms with E-state index in [1.165, 1.54) is 0 Å². The average molecular weight is 105 g/mol. The summed E-state index contributed by atoms with van der Waals surface area (Å²) in [6, 6.07) is 0.538. The Kier molecular flexibility index (Phi) is 1.48. The van der Waals surface area contributed by atoms with Crippen molar-refractivity contribution in [3.8, 4) is 0 Å². The van der Waals surface area contributed by atoms with Crippen molar-refractivity contribution >= 4 is 0 Å². The van der Waals surface area contributed by atoms with Gasteiger partial charge in [-0.3, -0.25) is 0 Å². The Hall–Kier alpha value is -1.04. The van der Waals surface area contributed by atoms with Crippen molar-refractivity contribution in [1.29, 1.82) is 0 Å². The molecule has 0 spiro atoms. The minimum atomic E-state index is 0.538. The van der Waals surface area contributed by atoms with Gasteiger partial charge in [0, 0.05) is 0 Å². The zero-order chi connectivity index (χ0) is 6.53. The monoisotopic (exact) mass is 105 g/mol. The van der Waals surface area contributed by atoms with Gasteiger partial charge in [0.05, 0.1) is 1.37 Å². The van der Waals surface area contributed by atoms with E-state index in [9.17, 15) is 0 Å². The third-order valence-corrected chi connectivity index (χ3v) is 0.829. The van der Waals surface area contributed by atoms with Gasteiger partial charge in [-0.05, 0) is 0 Å². The maximum atomic E-state index is 7.20. The van der Waals surface area contributed by atoms with E-state index in [1.54, 1.807) is 12.2 Å². The third-order valence-electron chi connectivity index (χ3n) is 0.829. The maximum absolute atomic E-state index is 7.20. The van der Waals surface area contributed by atoms with E-state index in [-0.39, 0.29) is 0 Å². The van der Waals surface area contributed by atoms with Crippen LogP contribution in [0.25, 0.3) is 0 Å². The summed E-state index contributed by atoms with van der Waals surface area (Å²) in [6.45, 7) is 0. The molecule has 0 radical (unpaired) electrons. The molecule has 1 aliphatic carbocycles. The molecule has 0 aromatic heterocycles. The minimum absolute atomic E-state index is 0.538. The summed E-state index contributed by atoms with van der Waals surface area (Å²) in [5.74, 6) is 0. The smallest absolute Gasteiger partial charge is 0.0623 e. The van der Waals surface area contributed by atoms with Crippen LogP contribution in [0.15, 0.2) is 48.6 Å². The van der Waals surface area contributed by atoms with Crippen LogP contribution in [0.1, 0.15) is 1.37 Å². The Balaban J connectivity index is 2.77. The molecule has 0 N–H and O–H groups in total. The highest BCUT2D eigenvalue weighted by Gasteiger charge is 1.65. The van der Waals surface area contributed by atoms with Crippen molar-refractivity contribution in [3.63, 3.8) is 0 Å². The second-order valence-electron chi connectivity index (χ2n) is 1.46. The fourth-order valence-electron chi connectivity index (χ4n) is 0.470. The first-order chi connectivity index (χ1) is 4.39. The van der Waals surface area contributed by atoms with E-state index in [1.807, 2.05) is 30.4 Å². The molecule has 0 nitrogen and oxygen atoms in total. The van der Waals surface area contributed by atoms with Gasteiger partial charge >= 0.3 is 0 Å². The van der Waals surface area contributed by atoms with Crippen molar-refractivity contribution in [2.75, 3.05) is 0 Å². The van der Waals surface area contributed by atoms with E-state index in [0.717, 1.165) is 0 Å². The Bertz CT molecular complexity index is 195. The molecule has 1 aliphatic rings. The molecular formula is C8H8. The van der Waals surface area contributed by atoms with Crippen LogP contribution in [0.5, 0.6) is 0 Å². The highest BCUT2D eigenvalue weighted by Crippen LogP contribution is 1.87. The van der Waals surface area contributed by atoms with Gasteiger partial charge in [0.2, 0.25) is 0 Å². The molecule has 0 aliphatic heterocycles. The summed E-state index contributed by atoms with van der Waals surface area (Å²) in [7, 11) is 0. The molecule has 0 atom stereocenters. The number of hydrogen-bond donors (Lipinski definition) is 0. The summed E-state index contributed by atoms with van der Waals surface area (Å²) in [6.07, 6.45) is 12.9.